The van der Waals surface area contributed by atoms with Crippen molar-refractivity contribution in [2.75, 3.05) is 17.7 Å². The van der Waals surface area contributed by atoms with Crippen LogP contribution in [0.5, 0.6) is 5.75 Å². The second-order valence-electron chi connectivity index (χ2n) is 4.43. The van der Waals surface area contributed by atoms with E-state index in [1.54, 1.807) is 4.68 Å². The van der Waals surface area contributed by atoms with Crippen LogP contribution in [0.2, 0.25) is 0 Å². The number of benzene rings is 1. The number of rotatable bonds is 5. The van der Waals surface area contributed by atoms with E-state index in [1.807, 2.05) is 45.0 Å². The molecule has 0 atom stereocenters. The Kier molecular flexibility index (Phi) is 3.89. The van der Waals surface area contributed by atoms with E-state index in [4.69, 9.17) is 10.5 Å². The Balaban J connectivity index is 2.23. The standard InChI is InChI=1S/C13H19N5O/c1-4-19-11-7-5-10(6-8-11)18-12(14)16-13(17-18)15-9(2)3/h5-9H,4H2,1-3H3,(H3,14,15,16,17). The second-order valence-corrected chi connectivity index (χ2v) is 4.43. The van der Waals surface area contributed by atoms with Gasteiger partial charge in [0.15, 0.2) is 0 Å². The lowest BCUT2D eigenvalue weighted by Gasteiger charge is -2.06. The molecule has 0 radical (unpaired) electrons. The zero-order chi connectivity index (χ0) is 13.8. The SMILES string of the molecule is CCOc1ccc(-n2nc(NC(C)C)nc2N)cc1. The molecule has 0 saturated carbocycles. The molecule has 19 heavy (non-hydrogen) atoms. The number of anilines is 2. The molecule has 1 heterocycles. The van der Waals surface area contributed by atoms with Gasteiger partial charge in [-0.05, 0) is 45.0 Å². The van der Waals surface area contributed by atoms with Gasteiger partial charge in [-0.2, -0.15) is 9.67 Å². The minimum atomic E-state index is 0.260. The third kappa shape index (κ3) is 3.15. The maximum absolute atomic E-state index is 5.86. The highest BCUT2D eigenvalue weighted by Crippen LogP contribution is 2.18. The first-order chi connectivity index (χ1) is 9.10. The highest BCUT2D eigenvalue weighted by atomic mass is 16.5. The van der Waals surface area contributed by atoms with Gasteiger partial charge in [0.1, 0.15) is 5.75 Å². The largest absolute Gasteiger partial charge is 0.494 e. The highest BCUT2D eigenvalue weighted by molar-refractivity contribution is 5.44. The molecule has 1 aromatic heterocycles. The van der Waals surface area contributed by atoms with Gasteiger partial charge in [0.25, 0.3) is 0 Å². The fourth-order valence-electron chi connectivity index (χ4n) is 1.68. The number of hydrogen-bond acceptors (Lipinski definition) is 5. The van der Waals surface area contributed by atoms with Crippen LogP contribution in [0.15, 0.2) is 24.3 Å². The Bertz CT molecular complexity index is 532. The van der Waals surface area contributed by atoms with Crippen LogP contribution >= 0.6 is 0 Å². The number of nitrogens with zero attached hydrogens (tertiary/aromatic N) is 3. The molecule has 2 aromatic rings. The summed E-state index contributed by atoms with van der Waals surface area (Å²) in [5.41, 5.74) is 6.72. The summed E-state index contributed by atoms with van der Waals surface area (Å²) in [7, 11) is 0. The van der Waals surface area contributed by atoms with Crippen molar-refractivity contribution >= 4 is 11.9 Å². The summed E-state index contributed by atoms with van der Waals surface area (Å²) >= 11 is 0. The van der Waals surface area contributed by atoms with Gasteiger partial charge in [0.05, 0.1) is 12.3 Å². The van der Waals surface area contributed by atoms with Gasteiger partial charge in [0, 0.05) is 6.04 Å². The summed E-state index contributed by atoms with van der Waals surface area (Å²) in [5, 5.41) is 7.44. The molecule has 0 fully saturated rings. The van der Waals surface area contributed by atoms with Crippen LogP contribution in [0.3, 0.4) is 0 Å². The molecular weight excluding hydrogens is 242 g/mol. The number of hydrogen-bond donors (Lipinski definition) is 2. The summed E-state index contributed by atoms with van der Waals surface area (Å²) < 4.78 is 6.99. The molecule has 0 spiro atoms. The summed E-state index contributed by atoms with van der Waals surface area (Å²) in [5.74, 6) is 1.71. The predicted octanol–water partition coefficient (Wildman–Crippen LogP) is 2.07. The lowest BCUT2D eigenvalue weighted by Crippen LogP contribution is -2.11. The van der Waals surface area contributed by atoms with Crippen molar-refractivity contribution in [1.82, 2.24) is 14.8 Å². The summed E-state index contributed by atoms with van der Waals surface area (Å²) in [6.07, 6.45) is 0. The summed E-state index contributed by atoms with van der Waals surface area (Å²) in [4.78, 5) is 4.17. The molecule has 1 aromatic carbocycles. The van der Waals surface area contributed by atoms with Crippen LogP contribution in [0.1, 0.15) is 20.8 Å². The van der Waals surface area contributed by atoms with Gasteiger partial charge >= 0.3 is 0 Å². The monoisotopic (exact) mass is 261 g/mol. The number of ether oxygens (including phenoxy) is 1. The smallest absolute Gasteiger partial charge is 0.244 e. The average molecular weight is 261 g/mol. The van der Waals surface area contributed by atoms with E-state index in [-0.39, 0.29) is 6.04 Å². The van der Waals surface area contributed by atoms with Crippen LogP contribution in [0.25, 0.3) is 5.69 Å². The first kappa shape index (κ1) is 13.2. The zero-order valence-electron chi connectivity index (χ0n) is 11.4. The molecule has 6 heteroatoms. The van der Waals surface area contributed by atoms with Gasteiger partial charge in [-0.3, -0.25) is 0 Å². The topological polar surface area (TPSA) is 78.0 Å². The fourth-order valence-corrected chi connectivity index (χ4v) is 1.68. The van der Waals surface area contributed by atoms with Crippen LogP contribution in [-0.2, 0) is 0 Å². The predicted molar refractivity (Wildman–Crippen MR) is 75.7 cm³/mol. The van der Waals surface area contributed by atoms with E-state index in [0.29, 0.717) is 18.5 Å². The number of aromatic nitrogens is 3. The third-order valence-electron chi connectivity index (χ3n) is 2.44. The van der Waals surface area contributed by atoms with E-state index >= 15 is 0 Å². The van der Waals surface area contributed by atoms with Crippen molar-refractivity contribution in [2.45, 2.75) is 26.8 Å². The quantitative estimate of drug-likeness (QED) is 0.861. The number of nitrogens with two attached hydrogens (primary N) is 1. The van der Waals surface area contributed by atoms with E-state index < -0.39 is 0 Å². The molecule has 0 saturated heterocycles. The van der Waals surface area contributed by atoms with Crippen LogP contribution < -0.4 is 15.8 Å². The molecule has 6 nitrogen and oxygen atoms in total. The molecule has 2 rings (SSSR count). The average Bonchev–Trinajstić information content (AvgIpc) is 2.71. The minimum absolute atomic E-state index is 0.260. The van der Waals surface area contributed by atoms with Crippen molar-refractivity contribution in [3.05, 3.63) is 24.3 Å². The minimum Gasteiger partial charge on any atom is -0.494 e. The van der Waals surface area contributed by atoms with Crippen LogP contribution in [0, 0.1) is 0 Å². The van der Waals surface area contributed by atoms with Gasteiger partial charge in [-0.1, -0.05) is 0 Å². The highest BCUT2D eigenvalue weighted by Gasteiger charge is 2.09. The molecule has 0 aliphatic carbocycles. The molecule has 0 aliphatic heterocycles. The maximum atomic E-state index is 5.86. The molecule has 0 unspecified atom stereocenters. The molecule has 0 aliphatic rings. The molecule has 3 N–H and O–H groups in total. The first-order valence-electron chi connectivity index (χ1n) is 6.32. The maximum Gasteiger partial charge on any atom is 0.244 e. The van der Waals surface area contributed by atoms with E-state index in [0.717, 1.165) is 11.4 Å². The molecule has 0 amide bonds. The Morgan fingerprint density at radius 2 is 2.00 bits per heavy atom. The Labute approximate surface area is 112 Å². The lowest BCUT2D eigenvalue weighted by atomic mass is 10.3. The molecule has 102 valence electrons. The number of nitrogen functional groups attached to an aromatic ring is 1. The van der Waals surface area contributed by atoms with Gasteiger partial charge in [-0.25, -0.2) is 0 Å². The van der Waals surface area contributed by atoms with E-state index in [2.05, 4.69) is 15.4 Å². The zero-order valence-corrected chi connectivity index (χ0v) is 11.4. The normalized spacial score (nSPS) is 10.7. The molecular formula is C13H19N5O. The van der Waals surface area contributed by atoms with Crippen molar-refractivity contribution in [3.8, 4) is 11.4 Å². The fraction of sp³-hybridized carbons (Fsp3) is 0.385. The second kappa shape index (κ2) is 5.60. The van der Waals surface area contributed by atoms with E-state index in [9.17, 15) is 0 Å². The summed E-state index contributed by atoms with van der Waals surface area (Å²) in [6.45, 7) is 6.64. The lowest BCUT2D eigenvalue weighted by molar-refractivity contribution is 0.340. The first-order valence-corrected chi connectivity index (χ1v) is 6.32. The van der Waals surface area contributed by atoms with Crippen molar-refractivity contribution in [1.29, 1.82) is 0 Å². The Hall–Kier alpha value is -2.24. The van der Waals surface area contributed by atoms with Crippen LogP contribution in [-0.4, -0.2) is 27.4 Å². The van der Waals surface area contributed by atoms with E-state index in [1.165, 1.54) is 0 Å². The van der Waals surface area contributed by atoms with Crippen molar-refractivity contribution < 1.29 is 4.74 Å². The Morgan fingerprint density at radius 3 is 2.58 bits per heavy atom. The molecule has 0 bridgehead atoms. The summed E-state index contributed by atoms with van der Waals surface area (Å²) in [6, 6.07) is 7.82. The van der Waals surface area contributed by atoms with Gasteiger partial charge in [-0.15, -0.1) is 5.10 Å². The van der Waals surface area contributed by atoms with Gasteiger partial charge < -0.3 is 15.8 Å². The third-order valence-corrected chi connectivity index (χ3v) is 2.44. The van der Waals surface area contributed by atoms with Crippen molar-refractivity contribution in [3.63, 3.8) is 0 Å². The Morgan fingerprint density at radius 1 is 1.32 bits per heavy atom. The van der Waals surface area contributed by atoms with Crippen LogP contribution in [0.4, 0.5) is 11.9 Å². The van der Waals surface area contributed by atoms with Gasteiger partial charge in [0.2, 0.25) is 11.9 Å². The number of nitrogens with one attached hydrogen (secondary N) is 1. The van der Waals surface area contributed by atoms with Crippen molar-refractivity contribution in [2.24, 2.45) is 0 Å².